The smallest absolute Gasteiger partial charge is 0.232 e. The van der Waals surface area contributed by atoms with Crippen LogP contribution in [0.4, 0.5) is 17.6 Å². The Labute approximate surface area is 181 Å². The normalized spacial score (nSPS) is 18.9. The highest BCUT2D eigenvalue weighted by Crippen LogP contribution is 2.22. The first kappa shape index (κ1) is 20.5. The number of benzene rings is 2. The van der Waals surface area contributed by atoms with Gasteiger partial charge in [0.05, 0.1) is 0 Å². The van der Waals surface area contributed by atoms with Gasteiger partial charge in [0.15, 0.2) is 5.82 Å². The van der Waals surface area contributed by atoms with Crippen molar-refractivity contribution in [1.82, 2.24) is 15.0 Å². The number of halogens is 1. The van der Waals surface area contributed by atoms with E-state index < -0.39 is 0 Å². The van der Waals surface area contributed by atoms with Gasteiger partial charge in [0.2, 0.25) is 11.9 Å². The fraction of sp³-hybridized carbons (Fsp3) is 0.318. The number of rotatable bonds is 6. The average molecular weight is 426 g/mol. The molecule has 0 radical (unpaired) electrons. The Bertz CT molecular complexity index is 988. The quantitative estimate of drug-likeness (QED) is 0.466. The van der Waals surface area contributed by atoms with E-state index in [2.05, 4.69) is 50.6 Å². The zero-order valence-corrected chi connectivity index (χ0v) is 17.9. The fourth-order valence-electron chi connectivity index (χ4n) is 3.79. The molecule has 2 heterocycles. The van der Waals surface area contributed by atoms with E-state index in [0.29, 0.717) is 16.8 Å². The summed E-state index contributed by atoms with van der Waals surface area (Å²) < 4.78 is 0. The van der Waals surface area contributed by atoms with Gasteiger partial charge in [0, 0.05) is 16.3 Å². The summed E-state index contributed by atoms with van der Waals surface area (Å²) in [5.74, 6) is 1.39. The topological polar surface area (TPSA) is 85.6 Å². The maximum Gasteiger partial charge on any atom is 0.232 e. The molecule has 0 spiro atoms. The summed E-state index contributed by atoms with van der Waals surface area (Å²) in [4.78, 5) is 16.2. The van der Waals surface area contributed by atoms with Gasteiger partial charge in [-0.3, -0.25) is 0 Å². The average Bonchev–Trinajstić information content (AvgIpc) is 2.73. The van der Waals surface area contributed by atoms with Crippen LogP contribution in [0, 0.1) is 6.92 Å². The maximum atomic E-state index is 6.21. The van der Waals surface area contributed by atoms with Gasteiger partial charge in [-0.15, -0.1) is 0 Å². The number of hydrogen-bond donors (Lipinski definition) is 4. The van der Waals surface area contributed by atoms with Crippen LogP contribution in [0.2, 0.25) is 5.02 Å². The molecule has 0 saturated carbocycles. The Kier molecular flexibility index (Phi) is 6.42. The molecular weight excluding hydrogens is 398 g/mol. The van der Waals surface area contributed by atoms with Gasteiger partial charge in [-0.25, -0.2) is 0 Å². The Morgan fingerprint density at radius 3 is 2.33 bits per heavy atom. The number of nitrogen functional groups attached to an aromatic ring is 1. The van der Waals surface area contributed by atoms with Crippen LogP contribution in [-0.2, 0) is 13.1 Å². The molecule has 0 atom stereocenters. The third kappa shape index (κ3) is 5.44. The van der Waals surface area contributed by atoms with Crippen LogP contribution in [0.5, 0.6) is 0 Å². The van der Waals surface area contributed by atoms with Crippen molar-refractivity contribution in [1.29, 1.82) is 0 Å². The molecule has 156 valence electrons. The molecule has 0 bridgehead atoms. The van der Waals surface area contributed by atoms with Crippen molar-refractivity contribution in [3.05, 3.63) is 70.5 Å². The Morgan fingerprint density at radius 1 is 0.933 bits per heavy atom. The molecule has 3 aromatic rings. The SMILES string of the molecule is Cc1ccc(Nc2nc(N)nc(C[NH+]3CC[NH+](Cc4ccccc4)CC3)n2)cc1Cl. The summed E-state index contributed by atoms with van der Waals surface area (Å²) in [6.07, 6.45) is 0. The van der Waals surface area contributed by atoms with Crippen LogP contribution in [0.15, 0.2) is 48.5 Å². The highest BCUT2D eigenvalue weighted by molar-refractivity contribution is 6.31. The molecule has 7 nitrogen and oxygen atoms in total. The van der Waals surface area contributed by atoms with Crippen LogP contribution in [-0.4, -0.2) is 41.1 Å². The highest BCUT2D eigenvalue weighted by atomic mass is 35.5. The molecule has 0 aliphatic carbocycles. The van der Waals surface area contributed by atoms with E-state index in [1.165, 1.54) is 10.5 Å². The second kappa shape index (κ2) is 9.38. The number of nitrogens with one attached hydrogen (secondary N) is 3. The molecule has 1 aliphatic heterocycles. The van der Waals surface area contributed by atoms with Gasteiger partial charge in [-0.1, -0.05) is 48.0 Å². The molecular formula is C22H28ClN7+2. The summed E-state index contributed by atoms with van der Waals surface area (Å²) in [6, 6.07) is 16.5. The predicted molar refractivity (Wildman–Crippen MR) is 119 cm³/mol. The van der Waals surface area contributed by atoms with Crippen LogP contribution in [0.1, 0.15) is 17.0 Å². The number of nitrogens with two attached hydrogens (primary N) is 1. The van der Waals surface area contributed by atoms with E-state index >= 15 is 0 Å². The zero-order chi connectivity index (χ0) is 20.9. The lowest BCUT2D eigenvalue weighted by Gasteiger charge is -2.29. The minimum atomic E-state index is 0.230. The lowest BCUT2D eigenvalue weighted by Crippen LogP contribution is -3.27. The van der Waals surface area contributed by atoms with Crippen molar-refractivity contribution < 1.29 is 9.80 Å². The molecule has 8 heteroatoms. The molecule has 0 unspecified atom stereocenters. The van der Waals surface area contributed by atoms with E-state index in [9.17, 15) is 0 Å². The van der Waals surface area contributed by atoms with Crippen LogP contribution < -0.4 is 20.9 Å². The number of hydrogen-bond acceptors (Lipinski definition) is 5. The number of nitrogens with zero attached hydrogens (tertiary/aromatic N) is 3. The van der Waals surface area contributed by atoms with Crippen molar-refractivity contribution in [2.24, 2.45) is 0 Å². The molecule has 1 aromatic heterocycles. The van der Waals surface area contributed by atoms with Gasteiger partial charge in [-0.05, 0) is 24.6 Å². The highest BCUT2D eigenvalue weighted by Gasteiger charge is 2.24. The second-order valence-electron chi connectivity index (χ2n) is 7.86. The van der Waals surface area contributed by atoms with Gasteiger partial charge < -0.3 is 20.9 Å². The number of anilines is 3. The predicted octanol–water partition coefficient (Wildman–Crippen LogP) is 0.643. The maximum absolute atomic E-state index is 6.21. The van der Waals surface area contributed by atoms with E-state index in [-0.39, 0.29) is 5.95 Å². The first-order valence-corrected chi connectivity index (χ1v) is 10.7. The Hall–Kier alpha value is -2.74. The van der Waals surface area contributed by atoms with Crippen molar-refractivity contribution in [2.75, 3.05) is 37.2 Å². The first-order valence-electron chi connectivity index (χ1n) is 10.3. The lowest BCUT2D eigenvalue weighted by atomic mass is 10.2. The van der Waals surface area contributed by atoms with E-state index in [1.54, 1.807) is 4.90 Å². The zero-order valence-electron chi connectivity index (χ0n) is 17.2. The lowest BCUT2D eigenvalue weighted by molar-refractivity contribution is -1.02. The van der Waals surface area contributed by atoms with Crippen molar-refractivity contribution in [2.45, 2.75) is 20.0 Å². The minimum absolute atomic E-state index is 0.230. The molecule has 1 fully saturated rings. The third-order valence-electron chi connectivity index (χ3n) is 5.50. The van der Waals surface area contributed by atoms with Gasteiger partial charge >= 0.3 is 0 Å². The van der Waals surface area contributed by atoms with E-state index in [4.69, 9.17) is 17.3 Å². The summed E-state index contributed by atoms with van der Waals surface area (Å²) in [5.41, 5.74) is 9.18. The monoisotopic (exact) mass is 425 g/mol. The molecule has 1 aliphatic rings. The molecule has 30 heavy (non-hydrogen) atoms. The standard InChI is InChI=1S/C22H26ClN7/c1-16-7-8-18(13-19(16)23)25-22-27-20(26-21(24)28-22)15-30-11-9-29(10-12-30)14-17-5-3-2-4-6-17/h2-8,13H,9-12,14-15H2,1H3,(H3,24,25,26,27,28)/p+2. The molecule has 0 amide bonds. The first-order chi connectivity index (χ1) is 14.5. The van der Waals surface area contributed by atoms with Gasteiger partial charge in [0.25, 0.3) is 0 Å². The second-order valence-corrected chi connectivity index (χ2v) is 8.27. The van der Waals surface area contributed by atoms with Gasteiger partial charge in [-0.2, -0.15) is 15.0 Å². The van der Waals surface area contributed by atoms with E-state index in [1.807, 2.05) is 25.1 Å². The summed E-state index contributed by atoms with van der Waals surface area (Å²) in [6.45, 7) is 8.24. The third-order valence-corrected chi connectivity index (χ3v) is 5.90. The Balaban J connectivity index is 1.35. The molecule has 2 aromatic carbocycles. The summed E-state index contributed by atoms with van der Waals surface area (Å²) in [5, 5.41) is 3.88. The molecule has 1 saturated heterocycles. The van der Waals surface area contributed by atoms with Crippen LogP contribution in [0.3, 0.4) is 0 Å². The minimum Gasteiger partial charge on any atom is -0.368 e. The van der Waals surface area contributed by atoms with E-state index in [0.717, 1.165) is 50.5 Å². The fourth-order valence-corrected chi connectivity index (χ4v) is 3.97. The molecule has 4 rings (SSSR count). The summed E-state index contributed by atoms with van der Waals surface area (Å²) in [7, 11) is 0. The van der Waals surface area contributed by atoms with Crippen molar-refractivity contribution >= 4 is 29.2 Å². The van der Waals surface area contributed by atoms with Crippen LogP contribution in [0.25, 0.3) is 0 Å². The Morgan fingerprint density at radius 2 is 1.63 bits per heavy atom. The largest absolute Gasteiger partial charge is 0.368 e. The van der Waals surface area contributed by atoms with Crippen LogP contribution >= 0.6 is 11.6 Å². The van der Waals surface area contributed by atoms with Gasteiger partial charge in [0.1, 0.15) is 39.3 Å². The number of aromatic nitrogens is 3. The molecule has 5 N–H and O–H groups in total. The number of piperazine rings is 1. The number of quaternary nitrogens is 2. The van der Waals surface area contributed by atoms with Crippen molar-refractivity contribution in [3.63, 3.8) is 0 Å². The van der Waals surface area contributed by atoms with Crippen molar-refractivity contribution in [3.8, 4) is 0 Å². The summed E-state index contributed by atoms with van der Waals surface area (Å²) >= 11 is 6.21. The number of aryl methyl sites for hydroxylation is 1.